The number of nitrogens with zero attached hydrogens (tertiary/aromatic N) is 1. The van der Waals surface area contributed by atoms with Crippen LogP contribution < -0.4 is 4.89 Å². The molecule has 2 atom stereocenters. The van der Waals surface area contributed by atoms with Gasteiger partial charge in [-0.2, -0.15) is 0 Å². The third-order valence-corrected chi connectivity index (χ3v) is 11.8. The average Bonchev–Trinajstić information content (AvgIpc) is 3.23. The molecular formula is C53H98NO7P. The first-order chi connectivity index (χ1) is 30.1. The fraction of sp³-hybridized carbons (Fsp3) is 0.792. The van der Waals surface area contributed by atoms with Crippen LogP contribution in [-0.4, -0.2) is 70.7 Å². The van der Waals surface area contributed by atoms with Crippen LogP contribution in [0.15, 0.2) is 60.8 Å². The number of hydrogen-bond donors (Lipinski definition) is 0. The molecule has 362 valence electrons. The summed E-state index contributed by atoms with van der Waals surface area (Å²) in [4.78, 5) is 25.1. The molecule has 2 unspecified atom stereocenters. The predicted octanol–water partition coefficient (Wildman–Crippen LogP) is 15.0. The van der Waals surface area contributed by atoms with Gasteiger partial charge < -0.3 is 27.9 Å². The summed E-state index contributed by atoms with van der Waals surface area (Å²) in [7, 11) is 1.31. The number of quaternary nitrogens is 1. The maximum absolute atomic E-state index is 12.7. The van der Waals surface area contributed by atoms with Gasteiger partial charge in [-0.15, -0.1) is 0 Å². The van der Waals surface area contributed by atoms with Crippen molar-refractivity contribution in [2.45, 2.75) is 219 Å². The smallest absolute Gasteiger partial charge is 0.306 e. The Kier molecular flexibility index (Phi) is 44.4. The Morgan fingerprint density at radius 3 is 1.31 bits per heavy atom. The highest BCUT2D eigenvalue weighted by molar-refractivity contribution is 7.45. The van der Waals surface area contributed by atoms with E-state index >= 15 is 0 Å². The zero-order valence-corrected chi connectivity index (χ0v) is 42.0. The van der Waals surface area contributed by atoms with Crippen LogP contribution in [0.3, 0.4) is 0 Å². The van der Waals surface area contributed by atoms with Crippen molar-refractivity contribution >= 4 is 13.8 Å². The fourth-order valence-corrected chi connectivity index (χ4v) is 7.69. The Balaban J connectivity index is 4.16. The lowest BCUT2D eigenvalue weighted by Crippen LogP contribution is -2.37. The molecule has 0 aliphatic rings. The number of likely N-dealkylation sites (N-methyl/N-ethyl adjacent to an activating group) is 1. The van der Waals surface area contributed by atoms with E-state index in [9.17, 15) is 14.3 Å². The van der Waals surface area contributed by atoms with Crippen molar-refractivity contribution in [3.63, 3.8) is 0 Å². The van der Waals surface area contributed by atoms with Crippen molar-refractivity contribution in [3.05, 3.63) is 60.8 Å². The van der Waals surface area contributed by atoms with Crippen LogP contribution in [0.1, 0.15) is 213 Å². The molecule has 0 spiro atoms. The quantitative estimate of drug-likeness (QED) is 0.0197. The number of ether oxygens (including phenoxy) is 2. The second-order valence-electron chi connectivity index (χ2n) is 18.2. The molecule has 62 heavy (non-hydrogen) atoms. The monoisotopic (exact) mass is 892 g/mol. The van der Waals surface area contributed by atoms with E-state index in [1.807, 2.05) is 21.1 Å². The summed E-state index contributed by atoms with van der Waals surface area (Å²) in [6.07, 6.45) is 58.5. The molecule has 0 aliphatic heterocycles. The van der Waals surface area contributed by atoms with Gasteiger partial charge in [0.25, 0.3) is 7.82 Å². The molecule has 0 radical (unpaired) electrons. The topological polar surface area (TPSA) is 94.1 Å². The van der Waals surface area contributed by atoms with Gasteiger partial charge in [0, 0.05) is 6.42 Å². The number of phosphoric acid groups is 1. The lowest BCUT2D eigenvalue weighted by molar-refractivity contribution is -0.870. The minimum atomic E-state index is -4.55. The van der Waals surface area contributed by atoms with Gasteiger partial charge in [0.2, 0.25) is 0 Å². The van der Waals surface area contributed by atoms with Crippen molar-refractivity contribution in [1.29, 1.82) is 0 Å². The lowest BCUT2D eigenvalue weighted by Gasteiger charge is -2.28. The average molecular weight is 892 g/mol. The SMILES string of the molecule is CC/C=C\C/C=C\C/C=C\C/C=C\C/C=C\CCOCC(COP(=O)([O-])OCC[N+](C)(C)C)OC(=O)CCCCCCCCCCCCCCCCCCCCCCCCCC. The Morgan fingerprint density at radius 1 is 0.516 bits per heavy atom. The van der Waals surface area contributed by atoms with Gasteiger partial charge >= 0.3 is 5.97 Å². The molecule has 0 aromatic carbocycles. The molecule has 0 N–H and O–H groups in total. The Morgan fingerprint density at radius 2 is 0.903 bits per heavy atom. The summed E-state index contributed by atoms with van der Waals surface area (Å²) in [6, 6.07) is 0. The third kappa shape index (κ3) is 49.2. The van der Waals surface area contributed by atoms with Gasteiger partial charge in [0.15, 0.2) is 0 Å². The first-order valence-electron chi connectivity index (χ1n) is 25.5. The number of hydrogen-bond acceptors (Lipinski definition) is 7. The van der Waals surface area contributed by atoms with E-state index in [-0.39, 0.29) is 25.8 Å². The van der Waals surface area contributed by atoms with Gasteiger partial charge in [-0.05, 0) is 44.9 Å². The number of allylic oxidation sites excluding steroid dienone is 9. The summed E-state index contributed by atoms with van der Waals surface area (Å²) < 4.78 is 34.6. The maximum atomic E-state index is 12.7. The van der Waals surface area contributed by atoms with Crippen molar-refractivity contribution in [2.24, 2.45) is 0 Å². The highest BCUT2D eigenvalue weighted by Crippen LogP contribution is 2.38. The molecule has 0 saturated heterocycles. The van der Waals surface area contributed by atoms with Gasteiger partial charge in [-0.1, -0.05) is 222 Å². The minimum absolute atomic E-state index is 0.0119. The van der Waals surface area contributed by atoms with Crippen molar-refractivity contribution in [1.82, 2.24) is 0 Å². The molecule has 0 aromatic heterocycles. The van der Waals surface area contributed by atoms with E-state index < -0.39 is 13.9 Å². The zero-order valence-electron chi connectivity index (χ0n) is 41.1. The van der Waals surface area contributed by atoms with Crippen molar-refractivity contribution in [2.75, 3.05) is 54.1 Å². The molecule has 0 fully saturated rings. The van der Waals surface area contributed by atoms with Gasteiger partial charge in [0.05, 0.1) is 41.0 Å². The molecule has 0 rings (SSSR count). The normalized spacial score (nSPS) is 14.1. The highest BCUT2D eigenvalue weighted by atomic mass is 31.2. The molecule has 0 aliphatic carbocycles. The van der Waals surface area contributed by atoms with Crippen LogP contribution in [0, 0.1) is 0 Å². The summed E-state index contributed by atoms with van der Waals surface area (Å²) in [5.41, 5.74) is 0. The molecule has 0 bridgehead atoms. The van der Waals surface area contributed by atoms with E-state index in [1.165, 1.54) is 135 Å². The number of carbonyl (C=O) groups excluding carboxylic acids is 1. The third-order valence-electron chi connectivity index (χ3n) is 10.9. The first kappa shape index (κ1) is 60.2. The van der Waals surface area contributed by atoms with Crippen molar-refractivity contribution in [3.8, 4) is 0 Å². The van der Waals surface area contributed by atoms with Crippen LogP contribution in [-0.2, 0) is 27.9 Å². The van der Waals surface area contributed by atoms with Crippen LogP contribution in [0.4, 0.5) is 0 Å². The molecule has 0 amide bonds. The standard InChI is InChI=1S/C53H98NO7P/c1-6-8-10-12-14-16-18-20-22-24-25-26-27-28-29-30-31-32-34-36-38-40-42-44-46-53(55)61-52(51-60-62(56,57)59-49-47-54(3,4)5)50-58-48-45-43-41-39-37-35-33-23-21-19-17-15-13-11-9-7-2/h9,11,15,17,21,23,35,37,41,43,52H,6-8,10,12-14,16,18-20,22,24-34,36,38-40,42,44-51H2,1-5H3/b11-9-,17-15-,23-21-,37-35-,43-41-. The molecule has 9 heteroatoms. The van der Waals surface area contributed by atoms with E-state index in [2.05, 4.69) is 74.6 Å². The first-order valence-corrected chi connectivity index (χ1v) is 27.0. The van der Waals surface area contributed by atoms with Crippen LogP contribution in [0.5, 0.6) is 0 Å². The van der Waals surface area contributed by atoms with E-state index in [4.69, 9.17) is 18.5 Å². The van der Waals surface area contributed by atoms with Crippen LogP contribution in [0.25, 0.3) is 0 Å². The van der Waals surface area contributed by atoms with E-state index in [1.54, 1.807) is 0 Å². The fourth-order valence-electron chi connectivity index (χ4n) is 6.97. The lowest BCUT2D eigenvalue weighted by atomic mass is 10.0. The second-order valence-corrected chi connectivity index (χ2v) is 19.6. The maximum Gasteiger partial charge on any atom is 0.306 e. The number of phosphoric ester groups is 1. The Bertz CT molecular complexity index is 1170. The number of unbranched alkanes of at least 4 members (excludes halogenated alkanes) is 23. The van der Waals surface area contributed by atoms with Gasteiger partial charge in [0.1, 0.15) is 19.3 Å². The van der Waals surface area contributed by atoms with Gasteiger partial charge in [-0.3, -0.25) is 9.36 Å². The number of esters is 1. The van der Waals surface area contributed by atoms with E-state index in [0.717, 1.165) is 51.4 Å². The summed E-state index contributed by atoms with van der Waals surface area (Å²) in [6.45, 7) is 5.09. The zero-order chi connectivity index (χ0) is 45.5. The Hall–Kier alpha value is -1.80. The van der Waals surface area contributed by atoms with Gasteiger partial charge in [-0.25, -0.2) is 0 Å². The van der Waals surface area contributed by atoms with Crippen LogP contribution >= 0.6 is 7.82 Å². The minimum Gasteiger partial charge on any atom is -0.756 e. The number of rotatable bonds is 47. The van der Waals surface area contributed by atoms with Crippen LogP contribution in [0.2, 0.25) is 0 Å². The summed E-state index contributed by atoms with van der Waals surface area (Å²) in [5, 5.41) is 0. The summed E-state index contributed by atoms with van der Waals surface area (Å²) in [5.74, 6) is -0.356. The van der Waals surface area contributed by atoms with Crippen molar-refractivity contribution < 1.29 is 37.3 Å². The molecule has 8 nitrogen and oxygen atoms in total. The molecule has 0 heterocycles. The molecular weight excluding hydrogens is 794 g/mol. The highest BCUT2D eigenvalue weighted by Gasteiger charge is 2.20. The molecule has 0 saturated carbocycles. The largest absolute Gasteiger partial charge is 0.756 e. The Labute approximate surface area is 383 Å². The predicted molar refractivity (Wildman–Crippen MR) is 263 cm³/mol. The summed E-state index contributed by atoms with van der Waals surface area (Å²) >= 11 is 0. The molecule has 0 aromatic rings. The number of carbonyl (C=O) groups is 1. The van der Waals surface area contributed by atoms with E-state index in [0.29, 0.717) is 30.5 Å². The second kappa shape index (κ2) is 45.8.